The fourth-order valence-corrected chi connectivity index (χ4v) is 3.31. The van der Waals surface area contributed by atoms with E-state index in [2.05, 4.69) is 18.3 Å². The van der Waals surface area contributed by atoms with E-state index in [9.17, 15) is 9.59 Å². The summed E-state index contributed by atoms with van der Waals surface area (Å²) >= 11 is 0. The molecule has 0 spiro atoms. The van der Waals surface area contributed by atoms with E-state index in [1.807, 2.05) is 18.7 Å². The molecule has 1 aliphatic heterocycles. The zero-order valence-electron chi connectivity index (χ0n) is 13.5. The SMILES string of the molecule is CCC(C)C1NC(=O)C(CC)N(CCC2=CCCC2)C1=O. The van der Waals surface area contributed by atoms with Gasteiger partial charge in [-0.15, -0.1) is 0 Å². The monoisotopic (exact) mass is 292 g/mol. The van der Waals surface area contributed by atoms with Crippen LogP contribution in [0, 0.1) is 5.92 Å². The Labute approximate surface area is 128 Å². The molecule has 1 heterocycles. The minimum atomic E-state index is -0.345. The molecule has 0 saturated carbocycles. The topological polar surface area (TPSA) is 49.4 Å². The summed E-state index contributed by atoms with van der Waals surface area (Å²) in [5.41, 5.74) is 1.45. The normalized spacial score (nSPS) is 27.6. The summed E-state index contributed by atoms with van der Waals surface area (Å²) in [5, 5.41) is 2.93. The van der Waals surface area contributed by atoms with Crippen molar-refractivity contribution in [3.05, 3.63) is 11.6 Å². The molecule has 2 rings (SSSR count). The van der Waals surface area contributed by atoms with Gasteiger partial charge in [-0.1, -0.05) is 38.8 Å². The number of nitrogens with zero attached hydrogens (tertiary/aromatic N) is 1. The van der Waals surface area contributed by atoms with Crippen molar-refractivity contribution in [2.45, 2.75) is 71.4 Å². The van der Waals surface area contributed by atoms with E-state index in [1.165, 1.54) is 12.0 Å². The van der Waals surface area contributed by atoms with Crippen LogP contribution in [-0.4, -0.2) is 35.3 Å². The Bertz CT molecular complexity index is 431. The molecule has 1 saturated heterocycles. The minimum absolute atomic E-state index is 0.0165. The molecule has 3 atom stereocenters. The van der Waals surface area contributed by atoms with Crippen LogP contribution >= 0.6 is 0 Å². The molecule has 3 unspecified atom stereocenters. The average Bonchev–Trinajstić information content (AvgIpc) is 3.00. The van der Waals surface area contributed by atoms with Crippen molar-refractivity contribution in [2.24, 2.45) is 5.92 Å². The van der Waals surface area contributed by atoms with Crippen molar-refractivity contribution in [1.29, 1.82) is 0 Å². The number of allylic oxidation sites excluding steroid dienone is 1. The third kappa shape index (κ3) is 3.47. The summed E-state index contributed by atoms with van der Waals surface area (Å²) in [7, 11) is 0. The highest BCUT2D eigenvalue weighted by atomic mass is 16.2. The first kappa shape index (κ1) is 16.1. The van der Waals surface area contributed by atoms with Crippen LogP contribution < -0.4 is 5.32 Å². The van der Waals surface area contributed by atoms with Gasteiger partial charge in [-0.3, -0.25) is 9.59 Å². The largest absolute Gasteiger partial charge is 0.342 e. The van der Waals surface area contributed by atoms with Crippen LogP contribution in [0.3, 0.4) is 0 Å². The smallest absolute Gasteiger partial charge is 0.246 e. The number of hydrogen-bond acceptors (Lipinski definition) is 2. The lowest BCUT2D eigenvalue weighted by atomic mass is 9.93. The second-order valence-corrected chi connectivity index (χ2v) is 6.33. The van der Waals surface area contributed by atoms with Gasteiger partial charge >= 0.3 is 0 Å². The quantitative estimate of drug-likeness (QED) is 0.765. The lowest BCUT2D eigenvalue weighted by Crippen LogP contribution is -2.64. The molecular weight excluding hydrogens is 264 g/mol. The first-order valence-corrected chi connectivity index (χ1v) is 8.37. The van der Waals surface area contributed by atoms with Gasteiger partial charge in [-0.05, 0) is 38.0 Å². The van der Waals surface area contributed by atoms with Crippen LogP contribution in [0.1, 0.15) is 59.3 Å². The van der Waals surface area contributed by atoms with E-state index in [1.54, 1.807) is 0 Å². The molecule has 1 fully saturated rings. The summed E-state index contributed by atoms with van der Waals surface area (Å²) < 4.78 is 0. The fraction of sp³-hybridized carbons (Fsp3) is 0.765. The Balaban J connectivity index is 2.08. The number of carbonyl (C=O) groups excluding carboxylic acids is 2. The van der Waals surface area contributed by atoms with Crippen LogP contribution in [0.15, 0.2) is 11.6 Å². The lowest BCUT2D eigenvalue weighted by Gasteiger charge is -2.40. The Hall–Kier alpha value is -1.32. The first-order chi connectivity index (χ1) is 10.1. The van der Waals surface area contributed by atoms with E-state index in [0.29, 0.717) is 13.0 Å². The van der Waals surface area contributed by atoms with E-state index in [0.717, 1.165) is 25.7 Å². The maximum Gasteiger partial charge on any atom is 0.246 e. The van der Waals surface area contributed by atoms with Crippen LogP contribution in [0.4, 0.5) is 0 Å². The number of hydrogen-bond donors (Lipinski definition) is 1. The molecule has 1 aliphatic carbocycles. The second kappa shape index (κ2) is 7.10. The van der Waals surface area contributed by atoms with Crippen LogP contribution in [0.25, 0.3) is 0 Å². The first-order valence-electron chi connectivity index (χ1n) is 8.37. The number of nitrogens with one attached hydrogen (secondary N) is 1. The zero-order chi connectivity index (χ0) is 15.4. The van der Waals surface area contributed by atoms with E-state index in [4.69, 9.17) is 0 Å². The van der Waals surface area contributed by atoms with Gasteiger partial charge in [0.2, 0.25) is 11.8 Å². The highest BCUT2D eigenvalue weighted by Crippen LogP contribution is 2.24. The average molecular weight is 292 g/mol. The molecule has 0 aromatic heterocycles. The van der Waals surface area contributed by atoms with E-state index < -0.39 is 0 Å². The predicted molar refractivity (Wildman–Crippen MR) is 83.7 cm³/mol. The Morgan fingerprint density at radius 3 is 2.71 bits per heavy atom. The molecule has 4 nitrogen and oxygen atoms in total. The second-order valence-electron chi connectivity index (χ2n) is 6.33. The molecule has 0 aromatic carbocycles. The van der Waals surface area contributed by atoms with Gasteiger partial charge in [0.15, 0.2) is 0 Å². The Morgan fingerprint density at radius 2 is 2.14 bits per heavy atom. The maximum atomic E-state index is 12.7. The van der Waals surface area contributed by atoms with Gasteiger partial charge in [0, 0.05) is 6.54 Å². The molecule has 1 N–H and O–H groups in total. The summed E-state index contributed by atoms with van der Waals surface area (Å²) in [4.78, 5) is 26.9. The Morgan fingerprint density at radius 1 is 1.38 bits per heavy atom. The molecule has 4 heteroatoms. The molecule has 0 aromatic rings. The highest BCUT2D eigenvalue weighted by Gasteiger charge is 2.41. The number of piperazine rings is 1. The highest BCUT2D eigenvalue weighted by molar-refractivity contribution is 5.97. The molecule has 0 bridgehead atoms. The van der Waals surface area contributed by atoms with Crippen molar-refractivity contribution >= 4 is 11.8 Å². The predicted octanol–water partition coefficient (Wildman–Crippen LogP) is 2.64. The molecule has 2 aliphatic rings. The third-order valence-electron chi connectivity index (χ3n) is 4.93. The van der Waals surface area contributed by atoms with Crippen molar-refractivity contribution in [3.8, 4) is 0 Å². The fourth-order valence-electron chi connectivity index (χ4n) is 3.31. The summed E-state index contributed by atoms with van der Waals surface area (Å²) in [5.74, 6) is 0.310. The van der Waals surface area contributed by atoms with Crippen molar-refractivity contribution in [2.75, 3.05) is 6.54 Å². The number of carbonyl (C=O) groups is 2. The van der Waals surface area contributed by atoms with Gasteiger partial charge in [-0.25, -0.2) is 0 Å². The number of rotatable bonds is 6. The van der Waals surface area contributed by atoms with Gasteiger partial charge in [0.25, 0.3) is 0 Å². The van der Waals surface area contributed by atoms with Gasteiger partial charge < -0.3 is 10.2 Å². The Kier molecular flexibility index (Phi) is 5.43. The molecule has 2 amide bonds. The van der Waals surface area contributed by atoms with Crippen molar-refractivity contribution in [1.82, 2.24) is 10.2 Å². The zero-order valence-corrected chi connectivity index (χ0v) is 13.5. The molecule has 21 heavy (non-hydrogen) atoms. The van der Waals surface area contributed by atoms with E-state index >= 15 is 0 Å². The van der Waals surface area contributed by atoms with Crippen LogP contribution in [0.5, 0.6) is 0 Å². The standard InChI is InChI=1S/C17H28N2O2/c1-4-12(3)15-17(21)19(14(5-2)16(20)18-15)11-10-13-8-6-7-9-13/h8,12,14-15H,4-7,9-11H2,1-3H3,(H,18,20). The van der Waals surface area contributed by atoms with Crippen LogP contribution in [-0.2, 0) is 9.59 Å². The van der Waals surface area contributed by atoms with Crippen LogP contribution in [0.2, 0.25) is 0 Å². The van der Waals surface area contributed by atoms with Gasteiger partial charge in [0.05, 0.1) is 0 Å². The summed E-state index contributed by atoms with van der Waals surface area (Å²) in [6, 6.07) is -0.636. The van der Waals surface area contributed by atoms with Gasteiger partial charge in [-0.2, -0.15) is 0 Å². The number of amides is 2. The van der Waals surface area contributed by atoms with E-state index in [-0.39, 0.29) is 29.8 Å². The van der Waals surface area contributed by atoms with Gasteiger partial charge in [0.1, 0.15) is 12.1 Å². The molecule has 118 valence electrons. The van der Waals surface area contributed by atoms with Crippen molar-refractivity contribution < 1.29 is 9.59 Å². The maximum absolute atomic E-state index is 12.7. The summed E-state index contributed by atoms with van der Waals surface area (Å²) in [6.07, 6.45) is 8.34. The molecule has 0 radical (unpaired) electrons. The lowest BCUT2D eigenvalue weighted by molar-refractivity contribution is -0.150. The molecular formula is C17H28N2O2. The minimum Gasteiger partial charge on any atom is -0.342 e. The summed E-state index contributed by atoms with van der Waals surface area (Å²) in [6.45, 7) is 6.75. The van der Waals surface area contributed by atoms with Crippen molar-refractivity contribution in [3.63, 3.8) is 0 Å². The third-order valence-corrected chi connectivity index (χ3v) is 4.93.